The number of carbonyl (C=O) groups is 1. The van der Waals surface area contributed by atoms with Gasteiger partial charge in [-0.1, -0.05) is 12.1 Å². The molecular weight excluding hydrogens is 330 g/mol. The molecule has 7 heteroatoms. The summed E-state index contributed by atoms with van der Waals surface area (Å²) in [6, 6.07) is 8.71. The first-order valence-electron chi connectivity index (χ1n) is 9.17. The Kier molecular flexibility index (Phi) is 7.72. The third-order valence-corrected chi connectivity index (χ3v) is 4.67. The number of carbonyl (C=O) groups excluding carboxylic acids is 1. The number of piperidine rings is 1. The van der Waals surface area contributed by atoms with Crippen molar-refractivity contribution in [2.45, 2.75) is 45.3 Å². The maximum atomic E-state index is 11.2. The van der Waals surface area contributed by atoms with Crippen LogP contribution >= 0.6 is 0 Å². The van der Waals surface area contributed by atoms with Gasteiger partial charge >= 0.3 is 6.09 Å². The molecule has 1 aliphatic heterocycles. The zero-order valence-electron chi connectivity index (χ0n) is 16.2. The summed E-state index contributed by atoms with van der Waals surface area (Å²) in [5.41, 5.74) is 1.82. The lowest BCUT2D eigenvalue weighted by Gasteiger charge is -2.35. The summed E-state index contributed by atoms with van der Waals surface area (Å²) < 4.78 is 4.58. The number of guanidine groups is 1. The number of methoxy groups -OCH3 is 1. The van der Waals surface area contributed by atoms with Crippen molar-refractivity contribution >= 4 is 17.7 Å². The van der Waals surface area contributed by atoms with Gasteiger partial charge in [0.15, 0.2) is 5.96 Å². The van der Waals surface area contributed by atoms with Crippen LogP contribution in [0.3, 0.4) is 0 Å². The fraction of sp³-hybridized carbons (Fsp3) is 0.579. The second kappa shape index (κ2) is 10.0. The van der Waals surface area contributed by atoms with E-state index in [0.29, 0.717) is 24.3 Å². The summed E-state index contributed by atoms with van der Waals surface area (Å²) in [7, 11) is 3.14. The van der Waals surface area contributed by atoms with Gasteiger partial charge in [-0.15, -0.1) is 0 Å². The summed E-state index contributed by atoms with van der Waals surface area (Å²) in [6.07, 6.45) is 1.79. The second-order valence-electron chi connectivity index (χ2n) is 6.79. The molecule has 0 radical (unpaired) electrons. The Balaban J connectivity index is 1.77. The molecule has 1 aromatic carbocycles. The van der Waals surface area contributed by atoms with E-state index in [4.69, 9.17) is 0 Å². The summed E-state index contributed by atoms with van der Waals surface area (Å²) in [5.74, 6) is 0.824. The van der Waals surface area contributed by atoms with Crippen LogP contribution in [0.5, 0.6) is 0 Å². The van der Waals surface area contributed by atoms with Crippen molar-refractivity contribution in [1.82, 2.24) is 15.5 Å². The van der Waals surface area contributed by atoms with Crippen molar-refractivity contribution in [2.24, 2.45) is 4.99 Å². The van der Waals surface area contributed by atoms with Gasteiger partial charge in [-0.05, 0) is 44.4 Å². The molecule has 0 saturated carbocycles. The van der Waals surface area contributed by atoms with E-state index < -0.39 is 6.09 Å². The fourth-order valence-corrected chi connectivity index (χ4v) is 3.01. The van der Waals surface area contributed by atoms with Crippen molar-refractivity contribution in [3.8, 4) is 0 Å². The quantitative estimate of drug-likeness (QED) is 0.554. The standard InChI is InChI=1S/C19H31N5O2/c1-14(2)24-11-9-17(10-12-24)22-18(20-3)21-13-15-5-7-16(8-6-15)23-19(25)26-4/h5-8,14,17H,9-13H2,1-4H3,(H,23,25)(H2,20,21,22). The molecule has 0 unspecified atom stereocenters. The molecule has 1 fully saturated rings. The number of benzene rings is 1. The molecule has 0 bridgehead atoms. The van der Waals surface area contributed by atoms with E-state index in [1.807, 2.05) is 24.3 Å². The molecule has 1 aliphatic rings. The van der Waals surface area contributed by atoms with Crippen LogP contribution in [-0.2, 0) is 11.3 Å². The lowest BCUT2D eigenvalue weighted by atomic mass is 10.0. The lowest BCUT2D eigenvalue weighted by Crippen LogP contribution is -2.49. The fourth-order valence-electron chi connectivity index (χ4n) is 3.01. The number of anilines is 1. The van der Waals surface area contributed by atoms with Crippen LogP contribution in [0.4, 0.5) is 10.5 Å². The largest absolute Gasteiger partial charge is 0.453 e. The van der Waals surface area contributed by atoms with E-state index >= 15 is 0 Å². The summed E-state index contributed by atoms with van der Waals surface area (Å²) >= 11 is 0. The molecule has 0 spiro atoms. The average Bonchev–Trinajstić information content (AvgIpc) is 2.66. The van der Waals surface area contributed by atoms with Gasteiger partial charge in [0.1, 0.15) is 0 Å². The molecule has 26 heavy (non-hydrogen) atoms. The normalized spacial score (nSPS) is 16.4. The third kappa shape index (κ3) is 6.22. The zero-order chi connectivity index (χ0) is 18.9. The maximum Gasteiger partial charge on any atom is 0.411 e. The monoisotopic (exact) mass is 361 g/mol. The average molecular weight is 361 g/mol. The third-order valence-electron chi connectivity index (χ3n) is 4.67. The van der Waals surface area contributed by atoms with Crippen molar-refractivity contribution in [3.05, 3.63) is 29.8 Å². The minimum atomic E-state index is -0.469. The highest BCUT2D eigenvalue weighted by Crippen LogP contribution is 2.13. The molecule has 2 rings (SSSR count). The van der Waals surface area contributed by atoms with Gasteiger partial charge in [0, 0.05) is 44.5 Å². The molecule has 0 aliphatic carbocycles. The number of aliphatic imine (C=N–C) groups is 1. The van der Waals surface area contributed by atoms with Crippen LogP contribution in [0, 0.1) is 0 Å². The van der Waals surface area contributed by atoms with Crippen LogP contribution in [0.1, 0.15) is 32.3 Å². The molecule has 1 aromatic rings. The van der Waals surface area contributed by atoms with Gasteiger partial charge in [-0.3, -0.25) is 10.3 Å². The molecule has 1 saturated heterocycles. The SMILES string of the molecule is CN=C(NCc1ccc(NC(=O)OC)cc1)NC1CCN(C(C)C)CC1. The van der Waals surface area contributed by atoms with Crippen molar-refractivity contribution in [1.29, 1.82) is 0 Å². The summed E-state index contributed by atoms with van der Waals surface area (Å²) in [6.45, 7) is 7.42. The van der Waals surface area contributed by atoms with Crippen molar-refractivity contribution < 1.29 is 9.53 Å². The molecule has 1 heterocycles. The molecule has 1 amide bonds. The summed E-state index contributed by atoms with van der Waals surface area (Å²) in [5, 5.41) is 9.51. The van der Waals surface area contributed by atoms with Gasteiger partial charge in [-0.25, -0.2) is 4.79 Å². The van der Waals surface area contributed by atoms with Crippen LogP contribution in [0.15, 0.2) is 29.3 Å². The number of hydrogen-bond donors (Lipinski definition) is 3. The Bertz CT molecular complexity index is 592. The number of nitrogens with one attached hydrogen (secondary N) is 3. The first-order valence-corrected chi connectivity index (χ1v) is 9.17. The first-order chi connectivity index (χ1) is 12.5. The maximum absolute atomic E-state index is 11.2. The number of nitrogens with zero attached hydrogens (tertiary/aromatic N) is 2. The van der Waals surface area contributed by atoms with Crippen molar-refractivity contribution in [2.75, 3.05) is 32.6 Å². The summed E-state index contributed by atoms with van der Waals surface area (Å²) in [4.78, 5) is 18.0. The smallest absolute Gasteiger partial charge is 0.411 e. The number of hydrogen-bond acceptors (Lipinski definition) is 4. The Morgan fingerprint density at radius 1 is 1.27 bits per heavy atom. The van der Waals surface area contributed by atoms with Crippen LogP contribution in [0.25, 0.3) is 0 Å². The predicted molar refractivity (Wildman–Crippen MR) is 106 cm³/mol. The highest BCUT2D eigenvalue weighted by atomic mass is 16.5. The second-order valence-corrected chi connectivity index (χ2v) is 6.79. The van der Waals surface area contributed by atoms with E-state index in [1.165, 1.54) is 7.11 Å². The van der Waals surface area contributed by atoms with E-state index in [-0.39, 0.29) is 0 Å². The topological polar surface area (TPSA) is 78.0 Å². The molecule has 7 nitrogen and oxygen atoms in total. The van der Waals surface area contributed by atoms with Crippen molar-refractivity contribution in [3.63, 3.8) is 0 Å². The minimum absolute atomic E-state index is 0.461. The predicted octanol–water partition coefficient (Wildman–Crippen LogP) is 2.40. The van der Waals surface area contributed by atoms with Gasteiger partial charge in [0.25, 0.3) is 0 Å². The molecule has 0 atom stereocenters. The zero-order valence-corrected chi connectivity index (χ0v) is 16.2. The van der Waals surface area contributed by atoms with Crippen LogP contribution in [-0.4, -0.2) is 56.3 Å². The van der Waals surface area contributed by atoms with Crippen LogP contribution < -0.4 is 16.0 Å². The minimum Gasteiger partial charge on any atom is -0.453 e. The Morgan fingerprint density at radius 2 is 1.92 bits per heavy atom. The highest BCUT2D eigenvalue weighted by molar-refractivity contribution is 5.84. The Morgan fingerprint density at radius 3 is 2.46 bits per heavy atom. The number of rotatable bonds is 5. The van der Waals surface area contributed by atoms with Gasteiger partial charge in [0.2, 0.25) is 0 Å². The molecular formula is C19H31N5O2. The first kappa shape index (κ1) is 20.0. The lowest BCUT2D eigenvalue weighted by molar-refractivity contribution is 0.167. The van der Waals surface area contributed by atoms with Gasteiger partial charge < -0.3 is 20.3 Å². The Labute approximate surface area is 156 Å². The van der Waals surface area contributed by atoms with E-state index in [9.17, 15) is 4.79 Å². The number of likely N-dealkylation sites (tertiary alicyclic amines) is 1. The number of amides is 1. The highest BCUT2D eigenvalue weighted by Gasteiger charge is 2.21. The Hall–Kier alpha value is -2.28. The molecule has 144 valence electrons. The van der Waals surface area contributed by atoms with E-state index in [1.54, 1.807) is 7.05 Å². The van der Waals surface area contributed by atoms with E-state index in [0.717, 1.165) is 37.5 Å². The number of ether oxygens (including phenoxy) is 1. The van der Waals surface area contributed by atoms with Crippen LogP contribution in [0.2, 0.25) is 0 Å². The van der Waals surface area contributed by atoms with E-state index in [2.05, 4.69) is 44.4 Å². The molecule has 3 N–H and O–H groups in total. The van der Waals surface area contributed by atoms with Gasteiger partial charge in [-0.2, -0.15) is 0 Å². The molecule has 0 aromatic heterocycles. The van der Waals surface area contributed by atoms with Gasteiger partial charge in [0.05, 0.1) is 7.11 Å².